The van der Waals surface area contributed by atoms with Gasteiger partial charge in [-0.1, -0.05) is 6.07 Å². The van der Waals surface area contributed by atoms with Gasteiger partial charge in [-0.05, 0) is 42.8 Å². The number of aryl methyl sites for hydroxylation is 1. The molecule has 2 amide bonds. The van der Waals surface area contributed by atoms with Crippen molar-refractivity contribution in [1.82, 2.24) is 0 Å². The smallest absolute Gasteiger partial charge is 0.255 e. The van der Waals surface area contributed by atoms with E-state index in [4.69, 9.17) is 19.9 Å². The van der Waals surface area contributed by atoms with E-state index < -0.39 is 5.91 Å². The van der Waals surface area contributed by atoms with Crippen LogP contribution in [0.1, 0.15) is 15.9 Å². The van der Waals surface area contributed by atoms with E-state index in [0.717, 1.165) is 5.56 Å². The zero-order valence-electron chi connectivity index (χ0n) is 14.3. The van der Waals surface area contributed by atoms with Crippen molar-refractivity contribution in [3.8, 4) is 17.2 Å². The van der Waals surface area contributed by atoms with Gasteiger partial charge in [0.05, 0.1) is 19.9 Å². The minimum atomic E-state index is -0.601. The lowest BCUT2D eigenvalue weighted by Crippen LogP contribution is -2.20. The Hall–Kier alpha value is -3.22. The van der Waals surface area contributed by atoms with Gasteiger partial charge in [0, 0.05) is 5.56 Å². The number of primary amides is 1. The number of carbonyl (C=O) groups excluding carboxylic acids is 2. The summed E-state index contributed by atoms with van der Waals surface area (Å²) in [5.41, 5.74) is 6.98. The molecule has 0 atom stereocenters. The third-order valence-electron chi connectivity index (χ3n) is 3.40. The van der Waals surface area contributed by atoms with Crippen molar-refractivity contribution < 1.29 is 23.8 Å². The summed E-state index contributed by atoms with van der Waals surface area (Å²) in [6.07, 6.45) is 0. The van der Waals surface area contributed by atoms with Gasteiger partial charge in [0.25, 0.3) is 11.8 Å². The molecule has 0 fully saturated rings. The molecular formula is C18H20N2O5. The minimum Gasteiger partial charge on any atom is -0.495 e. The van der Waals surface area contributed by atoms with Crippen LogP contribution >= 0.6 is 0 Å². The van der Waals surface area contributed by atoms with E-state index in [2.05, 4.69) is 5.32 Å². The molecule has 0 bridgehead atoms. The average molecular weight is 344 g/mol. The molecule has 0 radical (unpaired) electrons. The molecule has 7 heteroatoms. The largest absolute Gasteiger partial charge is 0.495 e. The van der Waals surface area contributed by atoms with Crippen LogP contribution in [0.2, 0.25) is 0 Å². The topological polar surface area (TPSA) is 99.9 Å². The summed E-state index contributed by atoms with van der Waals surface area (Å²) < 4.78 is 15.7. The molecule has 0 aliphatic rings. The van der Waals surface area contributed by atoms with E-state index in [1.165, 1.54) is 20.3 Å². The predicted octanol–water partition coefficient (Wildman–Crippen LogP) is 2.13. The van der Waals surface area contributed by atoms with Gasteiger partial charge in [-0.3, -0.25) is 9.59 Å². The number of rotatable bonds is 7. The van der Waals surface area contributed by atoms with Gasteiger partial charge in [-0.25, -0.2) is 0 Å². The molecule has 132 valence electrons. The molecular weight excluding hydrogens is 324 g/mol. The third-order valence-corrected chi connectivity index (χ3v) is 3.40. The molecule has 2 rings (SSSR count). The first-order valence-electron chi connectivity index (χ1n) is 7.49. The first-order chi connectivity index (χ1) is 11.9. The SMILES string of the molecule is COc1ccc(C)cc1NC(=O)c1ccc(OCC(N)=O)c(OC)c1. The third kappa shape index (κ3) is 4.63. The summed E-state index contributed by atoms with van der Waals surface area (Å²) in [6.45, 7) is 1.64. The van der Waals surface area contributed by atoms with Crippen LogP contribution in [0, 0.1) is 6.92 Å². The van der Waals surface area contributed by atoms with Crippen molar-refractivity contribution >= 4 is 17.5 Å². The predicted molar refractivity (Wildman–Crippen MR) is 93.4 cm³/mol. The lowest BCUT2D eigenvalue weighted by molar-refractivity contribution is -0.119. The molecule has 0 aromatic heterocycles. The van der Waals surface area contributed by atoms with Gasteiger partial charge < -0.3 is 25.3 Å². The Labute approximate surface area is 145 Å². The first kappa shape index (κ1) is 18.1. The number of hydrogen-bond acceptors (Lipinski definition) is 5. The quantitative estimate of drug-likeness (QED) is 0.801. The molecule has 3 N–H and O–H groups in total. The second-order valence-electron chi connectivity index (χ2n) is 5.28. The molecule has 0 spiro atoms. The second-order valence-corrected chi connectivity index (χ2v) is 5.28. The first-order valence-corrected chi connectivity index (χ1v) is 7.49. The van der Waals surface area contributed by atoms with Crippen LogP contribution in [0.3, 0.4) is 0 Å². The highest BCUT2D eigenvalue weighted by Gasteiger charge is 2.14. The highest BCUT2D eigenvalue weighted by Crippen LogP contribution is 2.30. The number of methoxy groups -OCH3 is 2. The van der Waals surface area contributed by atoms with Crippen LogP contribution in [0.15, 0.2) is 36.4 Å². The molecule has 0 heterocycles. The van der Waals surface area contributed by atoms with Crippen LogP contribution in [-0.2, 0) is 4.79 Å². The van der Waals surface area contributed by atoms with E-state index in [0.29, 0.717) is 28.5 Å². The maximum atomic E-state index is 12.5. The molecule has 25 heavy (non-hydrogen) atoms. The van der Waals surface area contributed by atoms with Crippen molar-refractivity contribution in [2.45, 2.75) is 6.92 Å². The normalized spacial score (nSPS) is 10.0. The van der Waals surface area contributed by atoms with Crippen molar-refractivity contribution in [1.29, 1.82) is 0 Å². The maximum absolute atomic E-state index is 12.5. The van der Waals surface area contributed by atoms with Crippen LogP contribution < -0.4 is 25.3 Å². The lowest BCUT2D eigenvalue weighted by atomic mass is 10.1. The summed E-state index contributed by atoms with van der Waals surface area (Å²) in [4.78, 5) is 23.3. The van der Waals surface area contributed by atoms with Gasteiger partial charge in [-0.15, -0.1) is 0 Å². The van der Waals surface area contributed by atoms with Gasteiger partial charge in [-0.2, -0.15) is 0 Å². The summed E-state index contributed by atoms with van der Waals surface area (Å²) in [5, 5.41) is 2.81. The number of amides is 2. The van der Waals surface area contributed by atoms with Gasteiger partial charge in [0.2, 0.25) is 0 Å². The molecule has 2 aromatic carbocycles. The molecule has 7 nitrogen and oxygen atoms in total. The molecule has 0 aliphatic heterocycles. The maximum Gasteiger partial charge on any atom is 0.255 e. The van der Waals surface area contributed by atoms with Gasteiger partial charge in [0.1, 0.15) is 5.75 Å². The van der Waals surface area contributed by atoms with Crippen LogP contribution in [-0.4, -0.2) is 32.6 Å². The van der Waals surface area contributed by atoms with Crippen molar-refractivity contribution in [2.75, 3.05) is 26.1 Å². The Kier molecular flexibility index (Phi) is 5.84. The fraction of sp³-hybridized carbons (Fsp3) is 0.222. The number of carbonyl (C=O) groups is 2. The van der Waals surface area contributed by atoms with Crippen LogP contribution in [0.4, 0.5) is 5.69 Å². The number of hydrogen-bond donors (Lipinski definition) is 2. The number of anilines is 1. The molecule has 0 unspecified atom stereocenters. The fourth-order valence-corrected chi connectivity index (χ4v) is 2.19. The van der Waals surface area contributed by atoms with E-state index in [1.54, 1.807) is 18.2 Å². The summed E-state index contributed by atoms with van der Waals surface area (Å²) >= 11 is 0. The monoisotopic (exact) mass is 344 g/mol. The fourth-order valence-electron chi connectivity index (χ4n) is 2.19. The Bertz CT molecular complexity index is 789. The Morgan fingerprint density at radius 3 is 2.32 bits per heavy atom. The highest BCUT2D eigenvalue weighted by atomic mass is 16.5. The number of nitrogens with two attached hydrogens (primary N) is 1. The van der Waals surface area contributed by atoms with E-state index in [-0.39, 0.29) is 12.5 Å². The summed E-state index contributed by atoms with van der Waals surface area (Å²) in [5.74, 6) is 0.280. The van der Waals surface area contributed by atoms with Crippen molar-refractivity contribution in [2.24, 2.45) is 5.73 Å². The van der Waals surface area contributed by atoms with E-state index >= 15 is 0 Å². The van der Waals surface area contributed by atoms with Crippen LogP contribution in [0.5, 0.6) is 17.2 Å². The Morgan fingerprint density at radius 1 is 1.00 bits per heavy atom. The molecule has 0 aliphatic carbocycles. The minimum absolute atomic E-state index is 0.275. The number of nitrogens with one attached hydrogen (secondary N) is 1. The van der Waals surface area contributed by atoms with Crippen LogP contribution in [0.25, 0.3) is 0 Å². The molecule has 0 saturated carbocycles. The van der Waals surface area contributed by atoms with Crippen molar-refractivity contribution in [3.63, 3.8) is 0 Å². The number of ether oxygens (including phenoxy) is 3. The van der Waals surface area contributed by atoms with Gasteiger partial charge in [0.15, 0.2) is 18.1 Å². The molecule has 0 saturated heterocycles. The zero-order chi connectivity index (χ0) is 18.4. The highest BCUT2D eigenvalue weighted by molar-refractivity contribution is 6.05. The number of benzene rings is 2. The zero-order valence-corrected chi connectivity index (χ0v) is 14.3. The Balaban J connectivity index is 2.22. The molecule has 2 aromatic rings. The summed E-state index contributed by atoms with van der Waals surface area (Å²) in [7, 11) is 2.98. The van der Waals surface area contributed by atoms with Crippen molar-refractivity contribution in [3.05, 3.63) is 47.5 Å². The lowest BCUT2D eigenvalue weighted by Gasteiger charge is -2.13. The van der Waals surface area contributed by atoms with Gasteiger partial charge >= 0.3 is 0 Å². The summed E-state index contributed by atoms with van der Waals surface area (Å²) in [6, 6.07) is 10.1. The standard InChI is InChI=1S/C18H20N2O5/c1-11-4-6-14(23-2)13(8-11)20-18(22)12-5-7-15(16(9-12)24-3)25-10-17(19)21/h4-9H,10H2,1-3H3,(H2,19,21)(H,20,22). The van der Waals surface area contributed by atoms with E-state index in [9.17, 15) is 9.59 Å². The Morgan fingerprint density at radius 2 is 1.68 bits per heavy atom. The average Bonchev–Trinajstić information content (AvgIpc) is 2.59. The van der Waals surface area contributed by atoms with E-state index in [1.807, 2.05) is 19.1 Å². The second kappa shape index (κ2) is 8.05.